The highest BCUT2D eigenvalue weighted by molar-refractivity contribution is 7.99. The van der Waals surface area contributed by atoms with Gasteiger partial charge < -0.3 is 20.6 Å². The summed E-state index contributed by atoms with van der Waals surface area (Å²) in [5.41, 5.74) is 8.62. The average molecular weight is 351 g/mol. The monoisotopic (exact) mass is 351 g/mol. The van der Waals surface area contributed by atoms with Crippen LogP contribution < -0.4 is 5.73 Å². The van der Waals surface area contributed by atoms with Crippen molar-refractivity contribution in [3.63, 3.8) is 0 Å². The molecular formula is C16H25N5O2S. The van der Waals surface area contributed by atoms with E-state index in [9.17, 15) is 5.11 Å². The number of nitrogens with one attached hydrogen (secondary N) is 1. The lowest BCUT2D eigenvalue weighted by atomic mass is 10.1. The van der Waals surface area contributed by atoms with Crippen LogP contribution in [0, 0.1) is 5.92 Å². The maximum absolute atomic E-state index is 10.3. The number of hydrogen-bond acceptors (Lipinski definition) is 7. The van der Waals surface area contributed by atoms with Crippen LogP contribution in [0.25, 0.3) is 11.0 Å². The Morgan fingerprint density at radius 1 is 1.46 bits per heavy atom. The molecule has 0 radical (unpaired) electrons. The van der Waals surface area contributed by atoms with Crippen LogP contribution in [0.1, 0.15) is 12.0 Å². The maximum Gasteiger partial charge on any atom is 0.151 e. The first-order valence-corrected chi connectivity index (χ1v) is 9.38. The maximum atomic E-state index is 10.3. The smallest absolute Gasteiger partial charge is 0.151 e. The minimum Gasteiger partial charge on any atom is -0.391 e. The van der Waals surface area contributed by atoms with E-state index in [-0.39, 0.29) is 6.10 Å². The fraction of sp³-hybridized carbons (Fsp3) is 0.625. The number of likely N-dealkylation sites (tertiary alicyclic amines) is 1. The third kappa shape index (κ3) is 4.00. The van der Waals surface area contributed by atoms with Crippen molar-refractivity contribution < 1.29 is 9.84 Å². The van der Waals surface area contributed by atoms with E-state index in [1.54, 1.807) is 7.11 Å². The molecule has 0 amide bonds. The van der Waals surface area contributed by atoms with Gasteiger partial charge >= 0.3 is 0 Å². The number of H-pyrrole nitrogens is 1. The first-order chi connectivity index (χ1) is 11.7. The highest BCUT2D eigenvalue weighted by atomic mass is 32.2. The molecule has 132 valence electrons. The van der Waals surface area contributed by atoms with Crippen LogP contribution >= 0.6 is 11.8 Å². The van der Waals surface area contributed by atoms with Gasteiger partial charge in [0.05, 0.1) is 11.6 Å². The molecule has 8 heteroatoms. The number of aliphatic hydroxyl groups excluding tert-OH is 1. The molecule has 2 aromatic heterocycles. The van der Waals surface area contributed by atoms with Crippen molar-refractivity contribution in [3.05, 3.63) is 18.1 Å². The lowest BCUT2D eigenvalue weighted by Gasteiger charge is -2.14. The molecule has 4 N–H and O–H groups in total. The number of rotatable bonds is 8. The van der Waals surface area contributed by atoms with Crippen LogP contribution in [0.15, 0.2) is 12.5 Å². The molecule has 3 heterocycles. The zero-order valence-electron chi connectivity index (χ0n) is 13.9. The average Bonchev–Trinajstić information content (AvgIpc) is 3.13. The van der Waals surface area contributed by atoms with Gasteiger partial charge in [-0.2, -0.15) is 11.8 Å². The summed E-state index contributed by atoms with van der Waals surface area (Å²) in [6.45, 7) is 3.18. The van der Waals surface area contributed by atoms with E-state index in [0.29, 0.717) is 18.3 Å². The fourth-order valence-electron chi connectivity index (χ4n) is 3.15. The Labute approximate surface area is 146 Å². The zero-order valence-corrected chi connectivity index (χ0v) is 14.8. The second kappa shape index (κ2) is 8.15. The first kappa shape index (κ1) is 17.5. The Bertz CT molecular complexity index is 665. The number of nitrogens with two attached hydrogens (primary N) is 1. The number of hydrogen-bond donors (Lipinski definition) is 3. The molecular weight excluding hydrogens is 326 g/mol. The Morgan fingerprint density at radius 2 is 2.33 bits per heavy atom. The molecule has 0 aromatic carbocycles. The molecule has 0 bridgehead atoms. The number of fused-ring (bicyclic) bond motifs is 1. The molecule has 24 heavy (non-hydrogen) atoms. The predicted molar refractivity (Wildman–Crippen MR) is 96.9 cm³/mol. The Kier molecular flexibility index (Phi) is 5.94. The molecule has 7 nitrogen and oxygen atoms in total. The van der Waals surface area contributed by atoms with Crippen molar-refractivity contribution in [1.29, 1.82) is 0 Å². The van der Waals surface area contributed by atoms with Crippen LogP contribution in [-0.4, -0.2) is 69.4 Å². The molecule has 1 saturated heterocycles. The Morgan fingerprint density at radius 3 is 3.17 bits per heavy atom. The van der Waals surface area contributed by atoms with Gasteiger partial charge in [0.15, 0.2) is 5.82 Å². The molecule has 0 aliphatic carbocycles. The summed E-state index contributed by atoms with van der Waals surface area (Å²) in [6.07, 6.45) is 4.23. The number of β-amino-alcohol motifs (C(OH)–C–C–N with tert-alkyl or cyclic N) is 1. The minimum absolute atomic E-state index is 0.259. The summed E-state index contributed by atoms with van der Waals surface area (Å²) in [4.78, 5) is 13.8. The summed E-state index contributed by atoms with van der Waals surface area (Å²) in [7, 11) is 1.73. The summed E-state index contributed by atoms with van der Waals surface area (Å²) in [5, 5.41) is 10.3. The number of thioether (sulfide) groups is 1. The fourth-order valence-corrected chi connectivity index (χ4v) is 4.27. The van der Waals surface area contributed by atoms with E-state index in [4.69, 9.17) is 10.5 Å². The van der Waals surface area contributed by atoms with E-state index in [2.05, 4.69) is 19.9 Å². The van der Waals surface area contributed by atoms with Crippen molar-refractivity contribution in [1.82, 2.24) is 19.9 Å². The Balaban J connectivity index is 1.54. The van der Waals surface area contributed by atoms with Gasteiger partial charge in [0.2, 0.25) is 0 Å². The minimum atomic E-state index is -0.259. The molecule has 3 rings (SSSR count). The van der Waals surface area contributed by atoms with Gasteiger partial charge in [-0.3, -0.25) is 4.90 Å². The van der Waals surface area contributed by atoms with Gasteiger partial charge in [-0.15, -0.1) is 0 Å². The number of aromatic nitrogens is 3. The molecule has 2 atom stereocenters. The standard InChI is InChI=1S/C16H25N5O2S/c1-23-3-2-4-24-9-12-7-21(8-13(12)22)6-11-5-18-15-14(11)19-10-20-16(15)17/h5,10,12-13,18,22H,2-4,6-9H2,1H3,(H2,17,19,20). The molecule has 2 aromatic rings. The molecule has 0 saturated carbocycles. The second-order valence-corrected chi connectivity index (χ2v) is 7.39. The van der Waals surface area contributed by atoms with E-state index >= 15 is 0 Å². The van der Waals surface area contributed by atoms with Gasteiger partial charge in [-0.1, -0.05) is 0 Å². The van der Waals surface area contributed by atoms with Crippen LogP contribution in [0.3, 0.4) is 0 Å². The number of aromatic amines is 1. The number of ether oxygens (including phenoxy) is 1. The topological polar surface area (TPSA) is 100 Å². The predicted octanol–water partition coefficient (Wildman–Crippen LogP) is 1.10. The van der Waals surface area contributed by atoms with Gasteiger partial charge in [-0.25, -0.2) is 9.97 Å². The molecule has 1 aliphatic rings. The Hall–Kier alpha value is -1.35. The van der Waals surface area contributed by atoms with E-state index in [1.165, 1.54) is 6.33 Å². The number of nitrogens with zero attached hydrogens (tertiary/aromatic N) is 3. The van der Waals surface area contributed by atoms with Crippen molar-refractivity contribution in [2.45, 2.75) is 19.1 Å². The third-order valence-electron chi connectivity index (χ3n) is 4.42. The zero-order chi connectivity index (χ0) is 16.9. The van der Waals surface area contributed by atoms with Crippen LogP contribution in [0.4, 0.5) is 5.82 Å². The summed E-state index contributed by atoms with van der Waals surface area (Å²) in [6, 6.07) is 0. The van der Waals surface area contributed by atoms with E-state index in [1.807, 2.05) is 18.0 Å². The van der Waals surface area contributed by atoms with Crippen LogP contribution in [0.2, 0.25) is 0 Å². The molecule has 1 aliphatic heterocycles. The third-order valence-corrected chi connectivity index (χ3v) is 5.66. The van der Waals surface area contributed by atoms with E-state index in [0.717, 1.165) is 54.2 Å². The van der Waals surface area contributed by atoms with Gasteiger partial charge in [0.1, 0.15) is 11.8 Å². The number of methoxy groups -OCH3 is 1. The van der Waals surface area contributed by atoms with Crippen LogP contribution in [-0.2, 0) is 11.3 Å². The summed E-state index contributed by atoms with van der Waals surface area (Å²) in [5.74, 6) is 2.86. The van der Waals surface area contributed by atoms with Crippen molar-refractivity contribution >= 4 is 28.6 Å². The van der Waals surface area contributed by atoms with Crippen LogP contribution in [0.5, 0.6) is 0 Å². The SMILES string of the molecule is COCCCSCC1CN(Cc2c[nH]c3c(N)ncnc23)CC1O. The van der Waals surface area contributed by atoms with Crippen molar-refractivity contribution in [3.8, 4) is 0 Å². The molecule has 2 unspecified atom stereocenters. The highest BCUT2D eigenvalue weighted by Gasteiger charge is 2.31. The van der Waals surface area contributed by atoms with E-state index < -0.39 is 0 Å². The van der Waals surface area contributed by atoms with Crippen molar-refractivity contribution in [2.24, 2.45) is 5.92 Å². The largest absolute Gasteiger partial charge is 0.391 e. The molecule has 0 spiro atoms. The summed E-state index contributed by atoms with van der Waals surface area (Å²) >= 11 is 1.90. The van der Waals surface area contributed by atoms with Gasteiger partial charge in [-0.05, 0) is 17.9 Å². The second-order valence-electron chi connectivity index (χ2n) is 6.24. The number of anilines is 1. The summed E-state index contributed by atoms with van der Waals surface area (Å²) < 4.78 is 5.06. The van der Waals surface area contributed by atoms with Crippen molar-refractivity contribution in [2.75, 3.05) is 44.0 Å². The molecule has 1 fully saturated rings. The van der Waals surface area contributed by atoms with Gasteiger partial charge in [0, 0.05) is 51.0 Å². The number of aliphatic hydroxyl groups is 1. The number of nitrogen functional groups attached to an aromatic ring is 1. The highest BCUT2D eigenvalue weighted by Crippen LogP contribution is 2.26. The lowest BCUT2D eigenvalue weighted by molar-refractivity contribution is 0.149. The first-order valence-electron chi connectivity index (χ1n) is 8.22. The lowest BCUT2D eigenvalue weighted by Crippen LogP contribution is -2.21. The quantitative estimate of drug-likeness (QED) is 0.612. The normalized spacial score (nSPS) is 21.8. The van der Waals surface area contributed by atoms with Gasteiger partial charge in [0.25, 0.3) is 0 Å².